The van der Waals surface area contributed by atoms with Crippen LogP contribution in [0.1, 0.15) is 31.3 Å². The molecule has 2 heterocycles. The standard InChI is InChI=1S/C14H21N5O/c1-4-19(5-2)9-11(15)13-17-14(20-18-13)12-10(3)7-6-8-16-12/h6-8,11H,4-5,9,15H2,1-3H3. The van der Waals surface area contributed by atoms with Gasteiger partial charge in [-0.2, -0.15) is 4.98 Å². The smallest absolute Gasteiger partial charge is 0.276 e. The molecule has 2 aromatic heterocycles. The first-order chi connectivity index (χ1) is 9.65. The van der Waals surface area contributed by atoms with Gasteiger partial charge in [0.1, 0.15) is 5.69 Å². The normalized spacial score (nSPS) is 12.8. The first kappa shape index (κ1) is 14.6. The average Bonchev–Trinajstić information content (AvgIpc) is 2.94. The van der Waals surface area contributed by atoms with Crippen LogP contribution < -0.4 is 5.73 Å². The molecule has 0 bridgehead atoms. The predicted molar refractivity (Wildman–Crippen MR) is 77.0 cm³/mol. The number of likely N-dealkylation sites (N-methyl/N-ethyl adjacent to an activating group) is 1. The third-order valence-electron chi connectivity index (χ3n) is 3.33. The van der Waals surface area contributed by atoms with E-state index in [9.17, 15) is 0 Å². The molecule has 6 nitrogen and oxygen atoms in total. The van der Waals surface area contributed by atoms with E-state index < -0.39 is 0 Å². The average molecular weight is 275 g/mol. The van der Waals surface area contributed by atoms with Gasteiger partial charge in [-0.05, 0) is 31.6 Å². The molecular formula is C14H21N5O. The number of rotatable bonds is 6. The molecule has 0 aliphatic carbocycles. The van der Waals surface area contributed by atoms with Crippen molar-refractivity contribution in [3.8, 4) is 11.6 Å². The van der Waals surface area contributed by atoms with E-state index in [0.29, 0.717) is 24.0 Å². The molecule has 2 aromatic rings. The highest BCUT2D eigenvalue weighted by Crippen LogP contribution is 2.19. The van der Waals surface area contributed by atoms with Crippen molar-refractivity contribution in [1.82, 2.24) is 20.0 Å². The zero-order valence-corrected chi connectivity index (χ0v) is 12.2. The van der Waals surface area contributed by atoms with E-state index in [2.05, 4.69) is 33.9 Å². The minimum Gasteiger partial charge on any atom is -0.332 e. The summed E-state index contributed by atoms with van der Waals surface area (Å²) in [5.41, 5.74) is 7.84. The lowest BCUT2D eigenvalue weighted by Gasteiger charge is -2.20. The van der Waals surface area contributed by atoms with Crippen LogP contribution in [0.5, 0.6) is 0 Å². The van der Waals surface area contributed by atoms with Crippen LogP contribution in [0, 0.1) is 6.92 Å². The Bertz CT molecular complexity index is 550. The van der Waals surface area contributed by atoms with Gasteiger partial charge in [-0.1, -0.05) is 25.1 Å². The van der Waals surface area contributed by atoms with E-state index in [1.54, 1.807) is 6.20 Å². The number of nitrogens with two attached hydrogens (primary N) is 1. The van der Waals surface area contributed by atoms with Gasteiger partial charge in [-0.25, -0.2) is 0 Å². The molecule has 0 amide bonds. The van der Waals surface area contributed by atoms with Gasteiger partial charge in [0.2, 0.25) is 0 Å². The van der Waals surface area contributed by atoms with Crippen LogP contribution in [0.25, 0.3) is 11.6 Å². The fraction of sp³-hybridized carbons (Fsp3) is 0.500. The van der Waals surface area contributed by atoms with Crippen molar-refractivity contribution in [2.75, 3.05) is 19.6 Å². The van der Waals surface area contributed by atoms with Crippen molar-refractivity contribution in [3.63, 3.8) is 0 Å². The Balaban J connectivity index is 2.15. The number of hydrogen-bond acceptors (Lipinski definition) is 6. The molecule has 1 atom stereocenters. The van der Waals surface area contributed by atoms with Crippen molar-refractivity contribution in [1.29, 1.82) is 0 Å². The van der Waals surface area contributed by atoms with E-state index >= 15 is 0 Å². The topological polar surface area (TPSA) is 81.1 Å². The largest absolute Gasteiger partial charge is 0.332 e. The highest BCUT2D eigenvalue weighted by molar-refractivity contribution is 5.51. The Hall–Kier alpha value is -1.79. The van der Waals surface area contributed by atoms with Gasteiger partial charge in [0, 0.05) is 12.7 Å². The van der Waals surface area contributed by atoms with Gasteiger partial charge in [0.05, 0.1) is 6.04 Å². The fourth-order valence-corrected chi connectivity index (χ4v) is 2.03. The molecule has 20 heavy (non-hydrogen) atoms. The number of pyridine rings is 1. The molecule has 0 saturated carbocycles. The highest BCUT2D eigenvalue weighted by Gasteiger charge is 2.18. The summed E-state index contributed by atoms with van der Waals surface area (Å²) < 4.78 is 5.28. The van der Waals surface area contributed by atoms with E-state index in [1.807, 2.05) is 19.1 Å². The lowest BCUT2D eigenvalue weighted by atomic mass is 10.2. The maximum absolute atomic E-state index is 6.13. The van der Waals surface area contributed by atoms with Gasteiger partial charge >= 0.3 is 0 Å². The zero-order valence-electron chi connectivity index (χ0n) is 12.2. The van der Waals surface area contributed by atoms with Crippen LogP contribution >= 0.6 is 0 Å². The molecule has 0 radical (unpaired) electrons. The molecule has 1 unspecified atom stereocenters. The molecule has 2 N–H and O–H groups in total. The Morgan fingerprint density at radius 2 is 2.10 bits per heavy atom. The second-order valence-electron chi connectivity index (χ2n) is 4.72. The molecule has 6 heteroatoms. The van der Waals surface area contributed by atoms with Gasteiger partial charge in [-0.3, -0.25) is 4.98 Å². The second kappa shape index (κ2) is 6.58. The van der Waals surface area contributed by atoms with E-state index in [-0.39, 0.29) is 6.04 Å². The van der Waals surface area contributed by atoms with Crippen molar-refractivity contribution in [2.45, 2.75) is 26.8 Å². The second-order valence-corrected chi connectivity index (χ2v) is 4.72. The Kier molecular flexibility index (Phi) is 4.81. The molecular weight excluding hydrogens is 254 g/mol. The van der Waals surface area contributed by atoms with Gasteiger partial charge in [0.15, 0.2) is 5.82 Å². The van der Waals surface area contributed by atoms with E-state index in [4.69, 9.17) is 10.3 Å². The van der Waals surface area contributed by atoms with Crippen molar-refractivity contribution in [3.05, 3.63) is 29.7 Å². The predicted octanol–water partition coefficient (Wildman–Crippen LogP) is 1.78. The summed E-state index contributed by atoms with van der Waals surface area (Å²) in [6.45, 7) is 8.79. The lowest BCUT2D eigenvalue weighted by molar-refractivity contribution is 0.278. The summed E-state index contributed by atoms with van der Waals surface area (Å²) in [6, 6.07) is 3.58. The molecule has 0 aliphatic heterocycles. The summed E-state index contributed by atoms with van der Waals surface area (Å²) in [6.07, 6.45) is 1.71. The van der Waals surface area contributed by atoms with Crippen LogP contribution in [-0.4, -0.2) is 39.7 Å². The maximum atomic E-state index is 6.13. The minimum atomic E-state index is -0.253. The maximum Gasteiger partial charge on any atom is 0.276 e. The molecule has 0 spiro atoms. The Labute approximate surface area is 119 Å². The van der Waals surface area contributed by atoms with Gasteiger partial charge in [-0.15, -0.1) is 0 Å². The van der Waals surface area contributed by atoms with Gasteiger partial charge < -0.3 is 15.2 Å². The minimum absolute atomic E-state index is 0.253. The Morgan fingerprint density at radius 1 is 1.35 bits per heavy atom. The van der Waals surface area contributed by atoms with Crippen LogP contribution in [0.2, 0.25) is 0 Å². The molecule has 0 saturated heterocycles. The van der Waals surface area contributed by atoms with E-state index in [0.717, 1.165) is 18.7 Å². The van der Waals surface area contributed by atoms with Crippen molar-refractivity contribution >= 4 is 0 Å². The molecule has 108 valence electrons. The van der Waals surface area contributed by atoms with E-state index in [1.165, 1.54) is 0 Å². The summed E-state index contributed by atoms with van der Waals surface area (Å²) in [7, 11) is 0. The summed E-state index contributed by atoms with van der Waals surface area (Å²) >= 11 is 0. The molecule has 0 aliphatic rings. The quantitative estimate of drug-likeness (QED) is 0.865. The third kappa shape index (κ3) is 3.20. The lowest BCUT2D eigenvalue weighted by Crippen LogP contribution is -2.32. The Morgan fingerprint density at radius 3 is 2.75 bits per heavy atom. The van der Waals surface area contributed by atoms with Crippen LogP contribution in [0.3, 0.4) is 0 Å². The molecule has 2 rings (SSSR count). The van der Waals surface area contributed by atoms with Crippen LogP contribution in [0.4, 0.5) is 0 Å². The zero-order chi connectivity index (χ0) is 14.5. The van der Waals surface area contributed by atoms with Gasteiger partial charge in [0.25, 0.3) is 5.89 Å². The number of hydrogen-bond donors (Lipinski definition) is 1. The SMILES string of the molecule is CCN(CC)CC(N)c1noc(-c2ncccc2C)n1. The molecule has 0 aromatic carbocycles. The van der Waals surface area contributed by atoms with Crippen molar-refractivity contribution < 1.29 is 4.52 Å². The summed E-state index contributed by atoms with van der Waals surface area (Å²) in [4.78, 5) is 10.9. The summed E-state index contributed by atoms with van der Waals surface area (Å²) in [5.74, 6) is 0.949. The highest BCUT2D eigenvalue weighted by atomic mass is 16.5. The fourth-order valence-electron chi connectivity index (χ4n) is 2.03. The number of aryl methyl sites for hydroxylation is 1. The molecule has 0 fully saturated rings. The van der Waals surface area contributed by atoms with Crippen LogP contribution in [0.15, 0.2) is 22.9 Å². The first-order valence-corrected chi connectivity index (χ1v) is 6.89. The monoisotopic (exact) mass is 275 g/mol. The van der Waals surface area contributed by atoms with Crippen molar-refractivity contribution in [2.24, 2.45) is 5.73 Å². The summed E-state index contributed by atoms with van der Waals surface area (Å²) in [5, 5.41) is 3.98. The third-order valence-corrected chi connectivity index (χ3v) is 3.33. The first-order valence-electron chi connectivity index (χ1n) is 6.89. The van der Waals surface area contributed by atoms with Crippen LogP contribution in [-0.2, 0) is 0 Å². The number of aromatic nitrogens is 3. The number of nitrogens with zero attached hydrogens (tertiary/aromatic N) is 4.